The van der Waals surface area contributed by atoms with Crippen molar-refractivity contribution in [2.24, 2.45) is 0 Å². The molecule has 3 nitrogen and oxygen atoms in total. The predicted molar refractivity (Wildman–Crippen MR) is 103 cm³/mol. The summed E-state index contributed by atoms with van der Waals surface area (Å²) in [4.78, 5) is 14.9. The number of benzene rings is 2. The van der Waals surface area contributed by atoms with Crippen molar-refractivity contribution in [3.8, 4) is 0 Å². The van der Waals surface area contributed by atoms with Crippen LogP contribution in [0.2, 0.25) is 0 Å². The van der Waals surface area contributed by atoms with Crippen molar-refractivity contribution in [1.29, 1.82) is 0 Å². The molecule has 0 fully saturated rings. The molecule has 0 aliphatic carbocycles. The van der Waals surface area contributed by atoms with Crippen molar-refractivity contribution >= 4 is 5.91 Å². The minimum absolute atomic E-state index is 0.0957. The summed E-state index contributed by atoms with van der Waals surface area (Å²) in [5, 5.41) is 3.17. The SMILES string of the molecule is CCC(CNC(=O)C(C)N1CCc2ccccc2C1)c1ccccc1. The molecule has 1 heterocycles. The second-order valence-electron chi connectivity index (χ2n) is 6.93. The van der Waals surface area contributed by atoms with Crippen LogP contribution in [0.5, 0.6) is 0 Å². The zero-order chi connectivity index (χ0) is 17.6. The Morgan fingerprint density at radius 1 is 1.08 bits per heavy atom. The number of nitrogens with one attached hydrogen (secondary N) is 1. The van der Waals surface area contributed by atoms with E-state index in [9.17, 15) is 4.79 Å². The van der Waals surface area contributed by atoms with E-state index in [1.807, 2.05) is 13.0 Å². The lowest BCUT2D eigenvalue weighted by atomic mass is 9.96. The summed E-state index contributed by atoms with van der Waals surface area (Å²) in [6, 6.07) is 18.9. The van der Waals surface area contributed by atoms with Gasteiger partial charge in [0.25, 0.3) is 0 Å². The Hall–Kier alpha value is -2.13. The van der Waals surface area contributed by atoms with Gasteiger partial charge in [0.1, 0.15) is 0 Å². The molecule has 0 bridgehead atoms. The molecule has 2 aromatic rings. The Kier molecular flexibility index (Phi) is 5.87. The van der Waals surface area contributed by atoms with E-state index in [-0.39, 0.29) is 11.9 Å². The van der Waals surface area contributed by atoms with Crippen LogP contribution >= 0.6 is 0 Å². The molecule has 3 rings (SSSR count). The number of amides is 1. The van der Waals surface area contributed by atoms with E-state index >= 15 is 0 Å². The molecular weight excluding hydrogens is 308 g/mol. The first kappa shape index (κ1) is 17.7. The van der Waals surface area contributed by atoms with Gasteiger partial charge in [-0.15, -0.1) is 0 Å². The minimum Gasteiger partial charge on any atom is -0.354 e. The maximum Gasteiger partial charge on any atom is 0.237 e. The van der Waals surface area contributed by atoms with Gasteiger partial charge in [-0.2, -0.15) is 0 Å². The number of nitrogens with zero attached hydrogens (tertiary/aromatic N) is 1. The predicted octanol–water partition coefficient (Wildman–Crippen LogP) is 3.74. The molecular formula is C22H28N2O. The summed E-state index contributed by atoms with van der Waals surface area (Å²) < 4.78 is 0. The lowest BCUT2D eigenvalue weighted by Crippen LogP contribution is -2.47. The van der Waals surface area contributed by atoms with E-state index in [0.29, 0.717) is 12.5 Å². The molecule has 1 amide bonds. The van der Waals surface area contributed by atoms with Gasteiger partial charge in [-0.3, -0.25) is 9.69 Å². The van der Waals surface area contributed by atoms with Crippen LogP contribution in [-0.4, -0.2) is 29.9 Å². The molecule has 132 valence electrons. The number of fused-ring (bicyclic) bond motifs is 1. The van der Waals surface area contributed by atoms with E-state index in [1.165, 1.54) is 16.7 Å². The summed E-state index contributed by atoms with van der Waals surface area (Å²) in [6.07, 6.45) is 2.05. The molecule has 2 atom stereocenters. The molecule has 1 N–H and O–H groups in total. The Balaban J connectivity index is 1.56. The molecule has 0 saturated carbocycles. The third-order valence-electron chi connectivity index (χ3n) is 5.37. The van der Waals surface area contributed by atoms with E-state index < -0.39 is 0 Å². The number of hydrogen-bond acceptors (Lipinski definition) is 2. The fraction of sp³-hybridized carbons (Fsp3) is 0.409. The van der Waals surface area contributed by atoms with Crippen molar-refractivity contribution in [3.63, 3.8) is 0 Å². The van der Waals surface area contributed by atoms with E-state index in [2.05, 4.69) is 65.7 Å². The van der Waals surface area contributed by atoms with Crippen molar-refractivity contribution in [1.82, 2.24) is 10.2 Å². The molecule has 1 aliphatic heterocycles. The second kappa shape index (κ2) is 8.30. The highest BCUT2D eigenvalue weighted by molar-refractivity contribution is 5.81. The number of carbonyl (C=O) groups excluding carboxylic acids is 1. The summed E-state index contributed by atoms with van der Waals surface area (Å²) >= 11 is 0. The average molecular weight is 336 g/mol. The number of carbonyl (C=O) groups is 1. The van der Waals surface area contributed by atoms with Gasteiger partial charge in [0.05, 0.1) is 6.04 Å². The second-order valence-corrected chi connectivity index (χ2v) is 6.93. The number of hydrogen-bond donors (Lipinski definition) is 1. The third kappa shape index (κ3) is 4.29. The van der Waals surface area contributed by atoms with Crippen molar-refractivity contribution in [2.45, 2.75) is 45.2 Å². The zero-order valence-corrected chi connectivity index (χ0v) is 15.2. The summed E-state index contributed by atoms with van der Waals surface area (Å²) in [6.45, 7) is 6.71. The van der Waals surface area contributed by atoms with E-state index in [4.69, 9.17) is 0 Å². The first-order chi connectivity index (χ1) is 12.2. The molecule has 25 heavy (non-hydrogen) atoms. The molecule has 0 spiro atoms. The van der Waals surface area contributed by atoms with Crippen LogP contribution in [0.1, 0.15) is 42.9 Å². The Labute approximate surface area is 151 Å². The number of rotatable bonds is 6. The van der Waals surface area contributed by atoms with Crippen LogP contribution in [0, 0.1) is 0 Å². The standard InChI is InChI=1S/C22H28N2O/c1-3-18(19-9-5-4-6-10-19)15-23-22(25)17(2)24-14-13-20-11-7-8-12-21(20)16-24/h4-12,17-18H,3,13-16H2,1-2H3,(H,23,25). The molecule has 0 saturated heterocycles. The van der Waals surface area contributed by atoms with Gasteiger partial charge in [-0.05, 0) is 36.5 Å². The monoisotopic (exact) mass is 336 g/mol. The zero-order valence-electron chi connectivity index (χ0n) is 15.2. The van der Waals surface area contributed by atoms with Crippen molar-refractivity contribution < 1.29 is 4.79 Å². The summed E-state index contributed by atoms with van der Waals surface area (Å²) in [5.74, 6) is 0.508. The highest BCUT2D eigenvalue weighted by Gasteiger charge is 2.25. The molecule has 0 aromatic heterocycles. The maximum absolute atomic E-state index is 12.7. The quantitative estimate of drug-likeness (QED) is 0.871. The van der Waals surface area contributed by atoms with Crippen LogP contribution < -0.4 is 5.32 Å². The van der Waals surface area contributed by atoms with Crippen LogP contribution in [0.4, 0.5) is 0 Å². The van der Waals surface area contributed by atoms with Crippen LogP contribution in [0.3, 0.4) is 0 Å². The maximum atomic E-state index is 12.7. The first-order valence-electron chi connectivity index (χ1n) is 9.32. The third-order valence-corrected chi connectivity index (χ3v) is 5.37. The summed E-state index contributed by atoms with van der Waals surface area (Å²) in [5.41, 5.74) is 4.07. The lowest BCUT2D eigenvalue weighted by Gasteiger charge is -2.33. The fourth-order valence-electron chi connectivity index (χ4n) is 3.61. The van der Waals surface area contributed by atoms with Gasteiger partial charge in [0.15, 0.2) is 0 Å². The molecule has 3 heteroatoms. The summed E-state index contributed by atoms with van der Waals surface area (Å²) in [7, 11) is 0. The van der Waals surface area contributed by atoms with Gasteiger partial charge in [-0.1, -0.05) is 61.5 Å². The Morgan fingerprint density at radius 2 is 1.76 bits per heavy atom. The van der Waals surface area contributed by atoms with Gasteiger partial charge in [-0.25, -0.2) is 0 Å². The Morgan fingerprint density at radius 3 is 2.48 bits per heavy atom. The van der Waals surface area contributed by atoms with Gasteiger partial charge in [0.2, 0.25) is 5.91 Å². The lowest BCUT2D eigenvalue weighted by molar-refractivity contribution is -0.126. The van der Waals surface area contributed by atoms with E-state index in [1.54, 1.807) is 0 Å². The first-order valence-corrected chi connectivity index (χ1v) is 9.32. The van der Waals surface area contributed by atoms with Crippen LogP contribution in [0.15, 0.2) is 54.6 Å². The van der Waals surface area contributed by atoms with Crippen LogP contribution in [0.25, 0.3) is 0 Å². The van der Waals surface area contributed by atoms with Gasteiger partial charge < -0.3 is 5.32 Å². The molecule has 0 radical (unpaired) electrons. The fourth-order valence-corrected chi connectivity index (χ4v) is 3.61. The van der Waals surface area contributed by atoms with Crippen LogP contribution in [-0.2, 0) is 17.8 Å². The molecule has 1 aliphatic rings. The smallest absolute Gasteiger partial charge is 0.237 e. The largest absolute Gasteiger partial charge is 0.354 e. The highest BCUT2D eigenvalue weighted by Crippen LogP contribution is 2.21. The normalized spacial score (nSPS) is 16.7. The average Bonchev–Trinajstić information content (AvgIpc) is 2.68. The minimum atomic E-state index is -0.0957. The molecule has 2 unspecified atom stereocenters. The van der Waals surface area contributed by atoms with Crippen molar-refractivity contribution in [2.75, 3.05) is 13.1 Å². The van der Waals surface area contributed by atoms with Gasteiger partial charge >= 0.3 is 0 Å². The van der Waals surface area contributed by atoms with Gasteiger partial charge in [0, 0.05) is 25.6 Å². The Bertz CT molecular complexity index is 698. The van der Waals surface area contributed by atoms with Crippen molar-refractivity contribution in [3.05, 3.63) is 71.3 Å². The van der Waals surface area contributed by atoms with E-state index in [0.717, 1.165) is 25.9 Å². The molecule has 2 aromatic carbocycles. The topological polar surface area (TPSA) is 32.3 Å². The highest BCUT2D eigenvalue weighted by atomic mass is 16.2.